The molecule has 0 atom stereocenters. The van der Waals surface area contributed by atoms with Crippen LogP contribution in [0, 0.1) is 6.92 Å². The van der Waals surface area contributed by atoms with Gasteiger partial charge < -0.3 is 9.88 Å². The fourth-order valence-electron chi connectivity index (χ4n) is 2.58. The third-order valence-corrected chi connectivity index (χ3v) is 4.56. The van der Waals surface area contributed by atoms with Gasteiger partial charge in [0.2, 0.25) is 5.43 Å². The minimum Gasteiger partial charge on any atom is -0.350 e. The highest BCUT2D eigenvalue weighted by atomic mass is 79.9. The van der Waals surface area contributed by atoms with Gasteiger partial charge in [0.15, 0.2) is 0 Å². The van der Waals surface area contributed by atoms with Crippen LogP contribution in [0.2, 0.25) is 5.02 Å². The summed E-state index contributed by atoms with van der Waals surface area (Å²) < 4.78 is 2.67. The number of hydrogen-bond acceptors (Lipinski definition) is 2. The van der Waals surface area contributed by atoms with E-state index in [1.54, 1.807) is 42.1 Å². The number of pyridine rings is 1. The molecule has 1 N–H and O–H groups in total. The number of aromatic nitrogens is 1. The molecule has 122 valence electrons. The number of amides is 1. The first-order chi connectivity index (χ1) is 11.4. The molecule has 0 aliphatic rings. The van der Waals surface area contributed by atoms with Crippen molar-refractivity contribution >= 4 is 50.0 Å². The molecule has 0 spiro atoms. The van der Waals surface area contributed by atoms with Crippen LogP contribution >= 0.6 is 27.5 Å². The number of anilines is 1. The fraction of sp³-hybridized carbons (Fsp3) is 0.111. The summed E-state index contributed by atoms with van der Waals surface area (Å²) in [5.74, 6) is -0.442. The normalized spacial score (nSPS) is 10.8. The van der Waals surface area contributed by atoms with Crippen LogP contribution in [0.4, 0.5) is 5.69 Å². The van der Waals surface area contributed by atoms with E-state index in [2.05, 4.69) is 21.2 Å². The Labute approximate surface area is 152 Å². The highest BCUT2D eigenvalue weighted by Gasteiger charge is 2.15. The summed E-state index contributed by atoms with van der Waals surface area (Å²) in [6, 6.07) is 10.6. The van der Waals surface area contributed by atoms with Crippen molar-refractivity contribution in [3.8, 4) is 0 Å². The van der Waals surface area contributed by atoms with E-state index in [1.807, 2.05) is 19.1 Å². The standard InChI is InChI=1S/C18H14BrClN2O2/c1-10-7-11(19)3-5-15(10)21-18(24)14-9-22(2)16-6-4-12(20)8-13(16)17(14)23/h3-9H,1-2H3,(H,21,24). The summed E-state index contributed by atoms with van der Waals surface area (Å²) in [7, 11) is 1.79. The number of aryl methyl sites for hydroxylation is 2. The van der Waals surface area contributed by atoms with Crippen LogP contribution in [-0.2, 0) is 7.05 Å². The maximum atomic E-state index is 12.7. The summed E-state index contributed by atoms with van der Waals surface area (Å²) >= 11 is 9.37. The molecular formula is C18H14BrClN2O2. The Balaban J connectivity index is 2.07. The molecular weight excluding hydrogens is 392 g/mol. The number of nitrogens with zero attached hydrogens (tertiary/aromatic N) is 1. The van der Waals surface area contributed by atoms with E-state index in [-0.39, 0.29) is 11.0 Å². The Morgan fingerprint density at radius 2 is 1.96 bits per heavy atom. The number of benzene rings is 2. The summed E-state index contributed by atoms with van der Waals surface area (Å²) in [5.41, 5.74) is 2.03. The third-order valence-electron chi connectivity index (χ3n) is 3.83. The van der Waals surface area contributed by atoms with Crippen molar-refractivity contribution in [3.05, 3.63) is 73.4 Å². The maximum absolute atomic E-state index is 12.7. The molecule has 0 saturated heterocycles. The average Bonchev–Trinajstić information content (AvgIpc) is 2.53. The predicted molar refractivity (Wildman–Crippen MR) is 101 cm³/mol. The summed E-state index contributed by atoms with van der Waals surface area (Å²) in [4.78, 5) is 25.2. The molecule has 6 heteroatoms. The first-order valence-electron chi connectivity index (χ1n) is 7.23. The molecule has 0 saturated carbocycles. The highest BCUT2D eigenvalue weighted by Crippen LogP contribution is 2.21. The molecule has 24 heavy (non-hydrogen) atoms. The molecule has 2 aromatic carbocycles. The van der Waals surface area contributed by atoms with Crippen LogP contribution < -0.4 is 10.7 Å². The van der Waals surface area contributed by atoms with E-state index < -0.39 is 5.91 Å². The number of carbonyl (C=O) groups excluding carboxylic acids is 1. The third kappa shape index (κ3) is 3.09. The van der Waals surface area contributed by atoms with Gasteiger partial charge in [0, 0.05) is 33.8 Å². The molecule has 0 radical (unpaired) electrons. The summed E-state index contributed by atoms with van der Waals surface area (Å²) in [6.45, 7) is 1.89. The van der Waals surface area contributed by atoms with Gasteiger partial charge >= 0.3 is 0 Å². The van der Waals surface area contributed by atoms with Crippen LogP contribution in [0.25, 0.3) is 10.9 Å². The van der Waals surface area contributed by atoms with Crippen molar-refractivity contribution in [1.29, 1.82) is 0 Å². The van der Waals surface area contributed by atoms with E-state index in [0.29, 0.717) is 16.1 Å². The topological polar surface area (TPSA) is 51.1 Å². The maximum Gasteiger partial charge on any atom is 0.261 e. The minimum atomic E-state index is -0.442. The van der Waals surface area contributed by atoms with Gasteiger partial charge in [-0.05, 0) is 48.9 Å². The van der Waals surface area contributed by atoms with Gasteiger partial charge in [0.05, 0.1) is 5.52 Å². The summed E-state index contributed by atoms with van der Waals surface area (Å²) in [6.07, 6.45) is 1.54. The number of halogens is 2. The molecule has 1 amide bonds. The van der Waals surface area contributed by atoms with Crippen molar-refractivity contribution in [2.24, 2.45) is 7.05 Å². The second-order valence-corrected chi connectivity index (χ2v) is 6.91. The molecule has 1 heterocycles. The number of nitrogens with one attached hydrogen (secondary N) is 1. The van der Waals surface area contributed by atoms with E-state index in [4.69, 9.17) is 11.6 Å². The molecule has 0 unspecified atom stereocenters. The van der Waals surface area contributed by atoms with E-state index in [9.17, 15) is 9.59 Å². The highest BCUT2D eigenvalue weighted by molar-refractivity contribution is 9.10. The van der Waals surface area contributed by atoms with Gasteiger partial charge in [-0.3, -0.25) is 9.59 Å². The van der Waals surface area contributed by atoms with Gasteiger partial charge in [-0.15, -0.1) is 0 Å². The van der Waals surface area contributed by atoms with Crippen LogP contribution in [0.15, 0.2) is 51.9 Å². The second-order valence-electron chi connectivity index (χ2n) is 5.56. The van der Waals surface area contributed by atoms with E-state index >= 15 is 0 Å². The first-order valence-corrected chi connectivity index (χ1v) is 8.40. The second kappa shape index (κ2) is 6.42. The number of carbonyl (C=O) groups is 1. The van der Waals surface area contributed by atoms with Gasteiger partial charge in [-0.2, -0.15) is 0 Å². The monoisotopic (exact) mass is 404 g/mol. The number of fused-ring (bicyclic) bond motifs is 1. The lowest BCUT2D eigenvalue weighted by Crippen LogP contribution is -2.23. The number of hydrogen-bond donors (Lipinski definition) is 1. The van der Waals surface area contributed by atoms with Crippen LogP contribution in [0.1, 0.15) is 15.9 Å². The molecule has 0 fully saturated rings. The molecule has 4 nitrogen and oxygen atoms in total. The lowest BCUT2D eigenvalue weighted by molar-refractivity contribution is 0.102. The van der Waals surface area contributed by atoms with Gasteiger partial charge in [-0.25, -0.2) is 0 Å². The zero-order valence-corrected chi connectivity index (χ0v) is 15.4. The Morgan fingerprint density at radius 1 is 1.21 bits per heavy atom. The molecule has 1 aromatic heterocycles. The average molecular weight is 406 g/mol. The van der Waals surface area contributed by atoms with Crippen molar-refractivity contribution in [1.82, 2.24) is 4.57 Å². The van der Waals surface area contributed by atoms with Crippen molar-refractivity contribution in [2.75, 3.05) is 5.32 Å². The SMILES string of the molecule is Cc1cc(Br)ccc1NC(=O)c1cn(C)c2ccc(Cl)cc2c1=O. The minimum absolute atomic E-state index is 0.0783. The van der Waals surface area contributed by atoms with Crippen LogP contribution in [0.3, 0.4) is 0 Å². The molecule has 3 rings (SSSR count). The predicted octanol–water partition coefficient (Wildman–Crippen LogP) is 4.52. The Morgan fingerprint density at radius 3 is 2.67 bits per heavy atom. The van der Waals surface area contributed by atoms with E-state index in [0.717, 1.165) is 15.6 Å². The lowest BCUT2D eigenvalue weighted by atomic mass is 10.1. The van der Waals surface area contributed by atoms with Gasteiger partial charge in [0.1, 0.15) is 5.56 Å². The quantitative estimate of drug-likeness (QED) is 0.682. The zero-order valence-electron chi connectivity index (χ0n) is 13.1. The van der Waals surface area contributed by atoms with Crippen molar-refractivity contribution in [3.63, 3.8) is 0 Å². The van der Waals surface area contributed by atoms with Gasteiger partial charge in [-0.1, -0.05) is 27.5 Å². The summed E-state index contributed by atoms with van der Waals surface area (Å²) in [5, 5.41) is 3.68. The van der Waals surface area contributed by atoms with Gasteiger partial charge in [0.25, 0.3) is 5.91 Å². The van der Waals surface area contributed by atoms with Crippen molar-refractivity contribution in [2.45, 2.75) is 6.92 Å². The van der Waals surface area contributed by atoms with Crippen LogP contribution in [0.5, 0.6) is 0 Å². The zero-order chi connectivity index (χ0) is 17.4. The molecule has 0 aliphatic carbocycles. The lowest BCUT2D eigenvalue weighted by Gasteiger charge is -2.11. The molecule has 3 aromatic rings. The smallest absolute Gasteiger partial charge is 0.261 e. The first kappa shape index (κ1) is 16.7. The Hall–Kier alpha value is -2.11. The Bertz CT molecular complexity index is 1030. The largest absolute Gasteiger partial charge is 0.350 e. The molecule has 0 aliphatic heterocycles. The molecule has 0 bridgehead atoms. The fourth-order valence-corrected chi connectivity index (χ4v) is 3.23. The van der Waals surface area contributed by atoms with Crippen molar-refractivity contribution < 1.29 is 4.79 Å². The number of rotatable bonds is 2. The van der Waals surface area contributed by atoms with E-state index in [1.165, 1.54) is 0 Å². The van der Waals surface area contributed by atoms with Crippen LogP contribution in [-0.4, -0.2) is 10.5 Å². The Kier molecular flexibility index (Phi) is 4.47.